The molecule has 2 aliphatic rings. The van der Waals surface area contributed by atoms with Crippen molar-refractivity contribution in [3.63, 3.8) is 0 Å². The molecule has 116 valence electrons. The summed E-state index contributed by atoms with van der Waals surface area (Å²) in [6.07, 6.45) is 4.36. The van der Waals surface area contributed by atoms with E-state index in [-0.39, 0.29) is 0 Å². The Hall–Kier alpha value is -0.610. The molecule has 4 nitrogen and oxygen atoms in total. The number of hydrogen-bond acceptors (Lipinski definition) is 3. The summed E-state index contributed by atoms with van der Waals surface area (Å²) >= 11 is 0. The number of carboxylic acids is 1. The summed E-state index contributed by atoms with van der Waals surface area (Å²) in [6, 6.07) is 0. The molecule has 3 unspecified atom stereocenters. The van der Waals surface area contributed by atoms with Crippen LogP contribution in [0.5, 0.6) is 0 Å². The van der Waals surface area contributed by atoms with Gasteiger partial charge in [-0.3, -0.25) is 4.79 Å². The first-order valence-corrected chi connectivity index (χ1v) is 8.18. The van der Waals surface area contributed by atoms with Crippen LogP contribution in [0, 0.1) is 17.8 Å². The number of aliphatic carboxylic acids is 1. The molecule has 0 aromatic heterocycles. The zero-order chi connectivity index (χ0) is 14.8. The smallest absolute Gasteiger partial charge is 0.325 e. The van der Waals surface area contributed by atoms with Crippen LogP contribution in [-0.2, 0) is 4.79 Å². The number of carbonyl (C=O) groups is 1. The SMILES string of the molecule is CCCNC(CN1CC(C)CC(C)C1)(C(=O)O)C1CC1. The first kappa shape index (κ1) is 15.8. The highest BCUT2D eigenvalue weighted by molar-refractivity contribution is 5.80. The molecular formula is C16H30N2O2. The van der Waals surface area contributed by atoms with Gasteiger partial charge in [-0.15, -0.1) is 0 Å². The summed E-state index contributed by atoms with van der Waals surface area (Å²) in [5.41, 5.74) is -0.715. The lowest BCUT2D eigenvalue weighted by Gasteiger charge is -2.41. The molecule has 0 bridgehead atoms. The van der Waals surface area contributed by atoms with Crippen molar-refractivity contribution in [3.8, 4) is 0 Å². The maximum atomic E-state index is 12.0. The molecule has 2 N–H and O–H groups in total. The molecule has 0 aromatic carbocycles. The third-order valence-electron chi connectivity index (χ3n) is 4.76. The molecule has 3 atom stereocenters. The van der Waals surface area contributed by atoms with E-state index in [0.29, 0.717) is 24.3 Å². The number of nitrogens with one attached hydrogen (secondary N) is 1. The molecule has 4 heteroatoms. The van der Waals surface area contributed by atoms with E-state index >= 15 is 0 Å². The second-order valence-electron chi connectivity index (χ2n) is 7.12. The number of hydrogen-bond donors (Lipinski definition) is 2. The van der Waals surface area contributed by atoms with Gasteiger partial charge in [-0.2, -0.15) is 0 Å². The molecule has 2 rings (SSSR count). The molecule has 0 amide bonds. The Morgan fingerprint density at radius 1 is 1.30 bits per heavy atom. The molecule has 1 saturated carbocycles. The Morgan fingerprint density at radius 2 is 1.90 bits per heavy atom. The van der Waals surface area contributed by atoms with Gasteiger partial charge in [0.25, 0.3) is 0 Å². The van der Waals surface area contributed by atoms with Crippen LogP contribution in [0.1, 0.15) is 46.5 Å². The largest absolute Gasteiger partial charge is 0.480 e. The predicted octanol–water partition coefficient (Wildman–Crippen LogP) is 2.20. The summed E-state index contributed by atoms with van der Waals surface area (Å²) in [5.74, 6) is 1.02. The van der Waals surface area contributed by atoms with Gasteiger partial charge in [-0.25, -0.2) is 0 Å². The zero-order valence-corrected chi connectivity index (χ0v) is 13.2. The highest BCUT2D eigenvalue weighted by atomic mass is 16.4. The summed E-state index contributed by atoms with van der Waals surface area (Å²) in [5, 5.41) is 13.2. The van der Waals surface area contributed by atoms with Gasteiger partial charge in [0.15, 0.2) is 0 Å². The van der Waals surface area contributed by atoms with E-state index in [4.69, 9.17) is 0 Å². The fraction of sp³-hybridized carbons (Fsp3) is 0.938. The Balaban J connectivity index is 2.08. The maximum absolute atomic E-state index is 12.0. The maximum Gasteiger partial charge on any atom is 0.325 e. The van der Waals surface area contributed by atoms with Gasteiger partial charge >= 0.3 is 5.97 Å². The van der Waals surface area contributed by atoms with Gasteiger partial charge in [0.1, 0.15) is 5.54 Å². The molecule has 20 heavy (non-hydrogen) atoms. The van der Waals surface area contributed by atoms with Crippen molar-refractivity contribution in [1.29, 1.82) is 0 Å². The number of piperidine rings is 1. The summed E-state index contributed by atoms with van der Waals surface area (Å²) in [6.45, 7) is 10.2. The van der Waals surface area contributed by atoms with E-state index in [1.807, 2.05) is 0 Å². The lowest BCUT2D eigenvalue weighted by Crippen LogP contribution is -2.62. The summed E-state index contributed by atoms with van der Waals surface area (Å²) in [7, 11) is 0. The van der Waals surface area contributed by atoms with Crippen molar-refractivity contribution >= 4 is 5.97 Å². The quantitative estimate of drug-likeness (QED) is 0.751. The van der Waals surface area contributed by atoms with E-state index in [9.17, 15) is 9.90 Å². The van der Waals surface area contributed by atoms with Crippen molar-refractivity contribution in [3.05, 3.63) is 0 Å². The second-order valence-corrected chi connectivity index (χ2v) is 7.12. The first-order valence-electron chi connectivity index (χ1n) is 8.18. The monoisotopic (exact) mass is 282 g/mol. The van der Waals surface area contributed by atoms with Crippen molar-refractivity contribution in [2.75, 3.05) is 26.2 Å². The summed E-state index contributed by atoms with van der Waals surface area (Å²) in [4.78, 5) is 14.3. The number of likely N-dealkylation sites (tertiary alicyclic amines) is 1. The molecule has 0 radical (unpaired) electrons. The van der Waals surface area contributed by atoms with Crippen molar-refractivity contribution < 1.29 is 9.90 Å². The van der Waals surface area contributed by atoms with Crippen LogP contribution in [0.3, 0.4) is 0 Å². The molecule has 2 fully saturated rings. The Labute approximate surface area is 122 Å². The van der Waals surface area contributed by atoms with E-state index in [1.165, 1.54) is 6.42 Å². The van der Waals surface area contributed by atoms with Gasteiger partial charge in [0, 0.05) is 19.6 Å². The van der Waals surface area contributed by atoms with Crippen LogP contribution in [-0.4, -0.2) is 47.7 Å². The third kappa shape index (κ3) is 3.53. The average Bonchev–Trinajstić information content (AvgIpc) is 3.17. The van der Waals surface area contributed by atoms with Crippen LogP contribution in [0.4, 0.5) is 0 Å². The van der Waals surface area contributed by atoms with E-state index in [2.05, 4.69) is 31.0 Å². The van der Waals surface area contributed by atoms with Crippen LogP contribution < -0.4 is 5.32 Å². The predicted molar refractivity (Wildman–Crippen MR) is 80.8 cm³/mol. The third-order valence-corrected chi connectivity index (χ3v) is 4.76. The number of carboxylic acid groups (broad SMARTS) is 1. The summed E-state index contributed by atoms with van der Waals surface area (Å²) < 4.78 is 0. The first-order chi connectivity index (χ1) is 9.48. The molecule has 1 saturated heterocycles. The lowest BCUT2D eigenvalue weighted by molar-refractivity contribution is -0.147. The minimum atomic E-state index is -0.715. The number of nitrogens with zero attached hydrogens (tertiary/aromatic N) is 1. The average molecular weight is 282 g/mol. The van der Waals surface area contributed by atoms with Gasteiger partial charge in [0.2, 0.25) is 0 Å². The highest BCUT2D eigenvalue weighted by Crippen LogP contribution is 2.41. The Kier molecular flexibility index (Phi) is 5.08. The minimum absolute atomic E-state index is 0.319. The van der Waals surface area contributed by atoms with Crippen LogP contribution in [0.2, 0.25) is 0 Å². The second kappa shape index (κ2) is 6.44. The van der Waals surface area contributed by atoms with E-state index < -0.39 is 11.5 Å². The standard InChI is InChI=1S/C16H30N2O2/c1-4-7-17-16(15(19)20,14-5-6-14)11-18-9-12(2)8-13(3)10-18/h12-14,17H,4-11H2,1-3H3,(H,19,20). The fourth-order valence-electron chi connectivity index (χ4n) is 3.85. The van der Waals surface area contributed by atoms with Crippen LogP contribution in [0.25, 0.3) is 0 Å². The molecular weight excluding hydrogens is 252 g/mol. The number of rotatable bonds is 7. The minimum Gasteiger partial charge on any atom is -0.480 e. The fourth-order valence-corrected chi connectivity index (χ4v) is 3.85. The molecule has 0 spiro atoms. The van der Waals surface area contributed by atoms with Crippen LogP contribution in [0.15, 0.2) is 0 Å². The van der Waals surface area contributed by atoms with Crippen molar-refractivity contribution in [2.24, 2.45) is 17.8 Å². The van der Waals surface area contributed by atoms with Gasteiger partial charge < -0.3 is 15.3 Å². The van der Waals surface area contributed by atoms with Crippen LogP contribution >= 0.6 is 0 Å². The molecule has 0 aromatic rings. The zero-order valence-electron chi connectivity index (χ0n) is 13.2. The van der Waals surface area contributed by atoms with Crippen molar-refractivity contribution in [2.45, 2.75) is 52.0 Å². The van der Waals surface area contributed by atoms with E-state index in [0.717, 1.165) is 38.9 Å². The lowest BCUT2D eigenvalue weighted by atomic mass is 9.87. The highest BCUT2D eigenvalue weighted by Gasteiger charge is 2.52. The topological polar surface area (TPSA) is 52.6 Å². The van der Waals surface area contributed by atoms with Gasteiger partial charge in [-0.05, 0) is 50.0 Å². The Morgan fingerprint density at radius 3 is 2.35 bits per heavy atom. The molecule has 1 aliphatic carbocycles. The van der Waals surface area contributed by atoms with Crippen molar-refractivity contribution in [1.82, 2.24) is 10.2 Å². The Bertz CT molecular complexity index is 333. The molecule has 1 heterocycles. The normalized spacial score (nSPS) is 30.9. The van der Waals surface area contributed by atoms with Gasteiger partial charge in [0.05, 0.1) is 0 Å². The van der Waals surface area contributed by atoms with E-state index in [1.54, 1.807) is 0 Å². The van der Waals surface area contributed by atoms with Gasteiger partial charge in [-0.1, -0.05) is 20.8 Å². The molecule has 1 aliphatic heterocycles.